The normalized spacial score (nSPS) is 10.8. The lowest BCUT2D eigenvalue weighted by Gasteiger charge is -2.03. The van der Waals surface area contributed by atoms with Crippen LogP contribution in [0.25, 0.3) is 16.8 Å². The number of benzene rings is 2. The Labute approximate surface area is 93.0 Å². The zero-order chi connectivity index (χ0) is 11.4. The third-order valence-corrected chi connectivity index (χ3v) is 2.36. The maximum atomic E-state index is 10.1. The molecule has 2 aromatic rings. The highest BCUT2D eigenvalue weighted by molar-refractivity contribution is 5.91. The van der Waals surface area contributed by atoms with Gasteiger partial charge in [-0.25, -0.2) is 0 Å². The second-order valence-electron chi connectivity index (χ2n) is 3.34. The van der Waals surface area contributed by atoms with Crippen LogP contribution in [-0.2, 0) is 4.79 Å². The number of nitrogens with one attached hydrogen (secondary N) is 1. The van der Waals surface area contributed by atoms with E-state index in [1.807, 2.05) is 30.3 Å². The smallest absolute Gasteiger partial charge is 0.211 e. The van der Waals surface area contributed by atoms with Gasteiger partial charge in [0.25, 0.3) is 0 Å². The molecule has 0 fully saturated rings. The number of carbonyl (C=O) groups excluding carboxylic acids is 1. The molecule has 0 saturated carbocycles. The Morgan fingerprint density at radius 2 is 1.94 bits per heavy atom. The molecule has 3 nitrogen and oxygen atoms in total. The van der Waals surface area contributed by atoms with Gasteiger partial charge in [0.1, 0.15) is 5.75 Å². The molecule has 0 heterocycles. The van der Waals surface area contributed by atoms with Crippen molar-refractivity contribution in [3.63, 3.8) is 0 Å². The molecular weight excluding hydrogens is 202 g/mol. The van der Waals surface area contributed by atoms with Gasteiger partial charge in [-0.1, -0.05) is 36.4 Å². The predicted octanol–water partition coefficient (Wildman–Crippen LogP) is 2.26. The van der Waals surface area contributed by atoms with Gasteiger partial charge in [0.15, 0.2) is 0 Å². The van der Waals surface area contributed by atoms with Crippen molar-refractivity contribution in [3.05, 3.63) is 48.2 Å². The van der Waals surface area contributed by atoms with Gasteiger partial charge in [-0.15, -0.1) is 0 Å². The van der Waals surface area contributed by atoms with Crippen molar-refractivity contribution in [1.82, 2.24) is 5.32 Å². The maximum absolute atomic E-state index is 10.1. The number of amides is 1. The number of phenols is 1. The Kier molecular flexibility index (Phi) is 2.87. The third kappa shape index (κ3) is 1.88. The lowest BCUT2D eigenvalue weighted by Crippen LogP contribution is -1.97. The quantitative estimate of drug-likeness (QED) is 0.768. The van der Waals surface area contributed by atoms with Gasteiger partial charge in [0.2, 0.25) is 6.41 Å². The molecule has 2 rings (SSSR count). The highest BCUT2D eigenvalue weighted by atomic mass is 16.3. The zero-order valence-electron chi connectivity index (χ0n) is 8.55. The fourth-order valence-electron chi connectivity index (χ4n) is 1.58. The molecule has 0 aromatic heterocycles. The molecule has 0 aliphatic carbocycles. The van der Waals surface area contributed by atoms with Crippen LogP contribution in [0, 0.1) is 0 Å². The number of fused-ring (bicyclic) bond motifs is 1. The molecule has 0 spiro atoms. The van der Waals surface area contributed by atoms with Crippen molar-refractivity contribution in [2.75, 3.05) is 0 Å². The number of rotatable bonds is 3. The minimum absolute atomic E-state index is 0.224. The van der Waals surface area contributed by atoms with Gasteiger partial charge in [-0.05, 0) is 11.5 Å². The van der Waals surface area contributed by atoms with Gasteiger partial charge in [0.05, 0.1) is 0 Å². The fraction of sp³-hybridized carbons (Fsp3) is 0. The van der Waals surface area contributed by atoms with Crippen molar-refractivity contribution in [2.45, 2.75) is 0 Å². The lowest BCUT2D eigenvalue weighted by molar-refractivity contribution is -0.108. The number of aromatic hydroxyl groups is 1. The van der Waals surface area contributed by atoms with Crippen LogP contribution in [0.3, 0.4) is 0 Å². The Morgan fingerprint density at radius 3 is 2.75 bits per heavy atom. The van der Waals surface area contributed by atoms with Crippen LogP contribution < -0.4 is 5.32 Å². The molecule has 16 heavy (non-hydrogen) atoms. The summed E-state index contributed by atoms with van der Waals surface area (Å²) >= 11 is 0. The van der Waals surface area contributed by atoms with Gasteiger partial charge >= 0.3 is 0 Å². The summed E-state index contributed by atoms with van der Waals surface area (Å²) in [5.74, 6) is 0.224. The van der Waals surface area contributed by atoms with Crippen molar-refractivity contribution >= 4 is 23.3 Å². The molecule has 0 radical (unpaired) electrons. The first-order valence-corrected chi connectivity index (χ1v) is 4.90. The number of hydrogen-bond donors (Lipinski definition) is 2. The fourth-order valence-corrected chi connectivity index (χ4v) is 1.58. The van der Waals surface area contributed by atoms with E-state index in [2.05, 4.69) is 5.32 Å². The molecular formula is C13H11NO2. The molecule has 2 aromatic carbocycles. The second kappa shape index (κ2) is 4.49. The number of carbonyl (C=O) groups is 1. The molecule has 0 aliphatic rings. The van der Waals surface area contributed by atoms with Crippen LogP contribution in [0.15, 0.2) is 42.6 Å². The monoisotopic (exact) mass is 213 g/mol. The molecule has 0 bridgehead atoms. The van der Waals surface area contributed by atoms with Gasteiger partial charge in [-0.3, -0.25) is 4.79 Å². The molecule has 1 amide bonds. The lowest BCUT2D eigenvalue weighted by atomic mass is 10.1. The minimum Gasteiger partial charge on any atom is -0.507 e. The Morgan fingerprint density at radius 1 is 1.12 bits per heavy atom. The summed E-state index contributed by atoms with van der Waals surface area (Å²) in [5, 5.41) is 14.2. The largest absolute Gasteiger partial charge is 0.507 e. The summed E-state index contributed by atoms with van der Waals surface area (Å²) in [6.45, 7) is 0. The molecule has 0 saturated heterocycles. The van der Waals surface area contributed by atoms with E-state index in [4.69, 9.17) is 0 Å². The van der Waals surface area contributed by atoms with Crippen molar-refractivity contribution in [1.29, 1.82) is 0 Å². The van der Waals surface area contributed by atoms with Crippen molar-refractivity contribution < 1.29 is 9.90 Å². The molecule has 0 atom stereocenters. The molecule has 0 unspecified atom stereocenters. The second-order valence-corrected chi connectivity index (χ2v) is 3.34. The zero-order valence-corrected chi connectivity index (χ0v) is 8.55. The first kappa shape index (κ1) is 10.2. The Hall–Kier alpha value is -2.29. The molecule has 3 heteroatoms. The Bertz CT molecular complexity index is 547. The Balaban J connectivity index is 2.48. The van der Waals surface area contributed by atoms with Gasteiger partial charge in [0, 0.05) is 17.1 Å². The van der Waals surface area contributed by atoms with Crippen LogP contribution in [0.5, 0.6) is 5.75 Å². The predicted molar refractivity (Wildman–Crippen MR) is 63.8 cm³/mol. The first-order valence-electron chi connectivity index (χ1n) is 4.90. The van der Waals surface area contributed by atoms with E-state index in [0.29, 0.717) is 12.0 Å². The van der Waals surface area contributed by atoms with E-state index in [9.17, 15) is 9.90 Å². The van der Waals surface area contributed by atoms with Gasteiger partial charge in [-0.2, -0.15) is 0 Å². The van der Waals surface area contributed by atoms with E-state index in [-0.39, 0.29) is 5.75 Å². The summed E-state index contributed by atoms with van der Waals surface area (Å²) in [5.41, 5.74) is 0.674. The van der Waals surface area contributed by atoms with Crippen LogP contribution in [0.4, 0.5) is 0 Å². The first-order chi connectivity index (χ1) is 7.83. The van der Waals surface area contributed by atoms with E-state index >= 15 is 0 Å². The number of phenolic OH excluding ortho intramolecular Hbond substituents is 1. The van der Waals surface area contributed by atoms with Crippen LogP contribution in [-0.4, -0.2) is 11.5 Å². The van der Waals surface area contributed by atoms with E-state index < -0.39 is 0 Å². The summed E-state index contributed by atoms with van der Waals surface area (Å²) in [6.07, 6.45) is 3.71. The molecule has 0 aliphatic heterocycles. The van der Waals surface area contributed by atoms with Crippen molar-refractivity contribution in [2.24, 2.45) is 0 Å². The van der Waals surface area contributed by atoms with Crippen LogP contribution in [0.2, 0.25) is 0 Å². The van der Waals surface area contributed by atoms with Crippen molar-refractivity contribution in [3.8, 4) is 5.75 Å². The van der Waals surface area contributed by atoms with Crippen LogP contribution >= 0.6 is 0 Å². The van der Waals surface area contributed by atoms with Crippen LogP contribution in [0.1, 0.15) is 5.56 Å². The average molecular weight is 213 g/mol. The molecule has 80 valence electrons. The standard InChI is InChI=1S/C13H11NO2/c15-9-14-8-7-11-6-5-10-3-1-2-4-12(10)13(11)16/h1-9,16H,(H,14,15)/b8-7+. The summed E-state index contributed by atoms with van der Waals surface area (Å²) in [7, 11) is 0. The summed E-state index contributed by atoms with van der Waals surface area (Å²) in [6, 6.07) is 11.3. The van der Waals surface area contributed by atoms with E-state index in [1.165, 1.54) is 6.20 Å². The topological polar surface area (TPSA) is 49.3 Å². The summed E-state index contributed by atoms with van der Waals surface area (Å²) < 4.78 is 0. The highest BCUT2D eigenvalue weighted by Gasteiger charge is 2.02. The third-order valence-electron chi connectivity index (χ3n) is 2.36. The van der Waals surface area contributed by atoms with E-state index in [1.54, 1.807) is 12.1 Å². The summed E-state index contributed by atoms with van der Waals surface area (Å²) in [4.78, 5) is 10.1. The van der Waals surface area contributed by atoms with E-state index in [0.717, 1.165) is 10.8 Å². The minimum atomic E-state index is 0.224. The molecule has 2 N–H and O–H groups in total. The highest BCUT2D eigenvalue weighted by Crippen LogP contribution is 2.29. The number of hydrogen-bond acceptors (Lipinski definition) is 2. The average Bonchev–Trinajstić information content (AvgIpc) is 2.33. The van der Waals surface area contributed by atoms with Gasteiger partial charge < -0.3 is 10.4 Å². The maximum Gasteiger partial charge on any atom is 0.211 e. The SMILES string of the molecule is O=CN/C=C/c1ccc2ccccc2c1O.